The molecule has 28 heavy (non-hydrogen) atoms. The molecule has 0 aliphatic carbocycles. The first-order valence-electron chi connectivity index (χ1n) is 8.45. The summed E-state index contributed by atoms with van der Waals surface area (Å²) in [6, 6.07) is 10.2. The summed E-state index contributed by atoms with van der Waals surface area (Å²) in [5.41, 5.74) is 1.14. The Morgan fingerprint density at radius 2 is 1.71 bits per heavy atom. The van der Waals surface area contributed by atoms with Crippen molar-refractivity contribution in [3.63, 3.8) is 0 Å². The molecule has 2 aromatic carbocycles. The third kappa shape index (κ3) is 6.04. The molecule has 0 fully saturated rings. The fourth-order valence-corrected chi connectivity index (χ4v) is 4.10. The fourth-order valence-electron chi connectivity index (χ4n) is 2.50. The van der Waals surface area contributed by atoms with E-state index in [0.29, 0.717) is 21.2 Å². The molecule has 0 aromatic heterocycles. The third-order valence-electron chi connectivity index (χ3n) is 4.02. The number of hydrogen-bond donors (Lipinski definition) is 2. The summed E-state index contributed by atoms with van der Waals surface area (Å²) < 4.78 is 26.9. The van der Waals surface area contributed by atoms with E-state index in [0.717, 1.165) is 0 Å². The van der Waals surface area contributed by atoms with E-state index in [2.05, 4.69) is 10.0 Å². The van der Waals surface area contributed by atoms with Crippen LogP contribution in [0.2, 0.25) is 10.0 Å². The second-order valence-corrected chi connectivity index (χ2v) is 8.79. The van der Waals surface area contributed by atoms with Gasteiger partial charge in [-0.25, -0.2) is 13.1 Å². The Bertz CT molecular complexity index is 976. The van der Waals surface area contributed by atoms with Gasteiger partial charge in [0.15, 0.2) is 5.78 Å². The highest BCUT2D eigenvalue weighted by molar-refractivity contribution is 7.89. The minimum absolute atomic E-state index is 0.0271. The zero-order chi connectivity index (χ0) is 20.9. The molecular weight excluding hydrogens is 423 g/mol. The molecule has 2 aromatic rings. The van der Waals surface area contributed by atoms with Crippen molar-refractivity contribution in [1.29, 1.82) is 0 Å². The van der Waals surface area contributed by atoms with Crippen molar-refractivity contribution in [2.75, 3.05) is 6.54 Å². The van der Waals surface area contributed by atoms with Crippen molar-refractivity contribution in [2.45, 2.75) is 31.2 Å². The number of carbonyl (C=O) groups is 2. The van der Waals surface area contributed by atoms with E-state index in [1.54, 1.807) is 25.1 Å². The molecule has 2 rings (SSSR count). The zero-order valence-corrected chi connectivity index (χ0v) is 17.7. The minimum Gasteiger partial charge on any atom is -0.349 e. The average molecular weight is 443 g/mol. The summed E-state index contributed by atoms with van der Waals surface area (Å²) in [6.07, 6.45) is -0.0414. The van der Waals surface area contributed by atoms with Gasteiger partial charge in [0.05, 0.1) is 10.9 Å². The Morgan fingerprint density at radius 1 is 1.07 bits per heavy atom. The van der Waals surface area contributed by atoms with Crippen molar-refractivity contribution < 1.29 is 18.0 Å². The SMILES string of the molecule is CC(=O)c1ccc(S(=O)(=O)NCCC(=O)NC(C)c2ccc(Cl)cc2Cl)cc1. The number of rotatable bonds is 8. The molecule has 150 valence electrons. The Balaban J connectivity index is 1.89. The second-order valence-electron chi connectivity index (χ2n) is 6.18. The van der Waals surface area contributed by atoms with Gasteiger partial charge >= 0.3 is 0 Å². The molecule has 0 saturated carbocycles. The van der Waals surface area contributed by atoms with Gasteiger partial charge in [0.25, 0.3) is 0 Å². The van der Waals surface area contributed by atoms with Gasteiger partial charge in [-0.15, -0.1) is 0 Å². The minimum atomic E-state index is -3.77. The maximum atomic E-state index is 12.3. The van der Waals surface area contributed by atoms with Crippen LogP contribution in [-0.4, -0.2) is 26.7 Å². The van der Waals surface area contributed by atoms with Crippen LogP contribution in [-0.2, 0) is 14.8 Å². The largest absolute Gasteiger partial charge is 0.349 e. The van der Waals surface area contributed by atoms with Crippen LogP contribution < -0.4 is 10.0 Å². The lowest BCUT2D eigenvalue weighted by molar-refractivity contribution is -0.121. The highest BCUT2D eigenvalue weighted by Gasteiger charge is 2.16. The first-order valence-corrected chi connectivity index (χ1v) is 10.7. The van der Waals surface area contributed by atoms with Gasteiger partial charge in [-0.05, 0) is 43.7 Å². The van der Waals surface area contributed by atoms with E-state index in [-0.39, 0.29) is 35.6 Å². The predicted octanol–water partition coefficient (Wildman–Crippen LogP) is 3.74. The summed E-state index contributed by atoms with van der Waals surface area (Å²) in [6.45, 7) is 3.11. The number of sulfonamides is 1. The molecule has 0 bridgehead atoms. The van der Waals surface area contributed by atoms with E-state index >= 15 is 0 Å². The van der Waals surface area contributed by atoms with Crippen molar-refractivity contribution in [1.82, 2.24) is 10.0 Å². The van der Waals surface area contributed by atoms with E-state index in [9.17, 15) is 18.0 Å². The first kappa shape index (κ1) is 22.4. The van der Waals surface area contributed by atoms with Crippen LogP contribution >= 0.6 is 23.2 Å². The number of amides is 1. The molecule has 9 heteroatoms. The lowest BCUT2D eigenvalue weighted by atomic mass is 10.1. The van der Waals surface area contributed by atoms with E-state index in [4.69, 9.17) is 23.2 Å². The Morgan fingerprint density at radius 3 is 2.29 bits per heavy atom. The average Bonchev–Trinajstić information content (AvgIpc) is 2.61. The van der Waals surface area contributed by atoms with Crippen LogP contribution in [0, 0.1) is 0 Å². The van der Waals surface area contributed by atoms with Gasteiger partial charge < -0.3 is 5.32 Å². The number of Topliss-reactive ketones (excluding diaryl/α,β-unsaturated/α-hetero) is 1. The van der Waals surface area contributed by atoms with Crippen LogP contribution in [0.5, 0.6) is 0 Å². The van der Waals surface area contributed by atoms with Gasteiger partial charge in [0.2, 0.25) is 15.9 Å². The molecule has 0 spiro atoms. The first-order chi connectivity index (χ1) is 13.1. The van der Waals surface area contributed by atoms with Gasteiger partial charge in [-0.2, -0.15) is 0 Å². The highest BCUT2D eigenvalue weighted by atomic mass is 35.5. The monoisotopic (exact) mass is 442 g/mol. The molecule has 0 heterocycles. The summed E-state index contributed by atoms with van der Waals surface area (Å²) in [4.78, 5) is 23.4. The molecule has 2 N–H and O–H groups in total. The molecule has 1 atom stereocenters. The van der Waals surface area contributed by atoms with Gasteiger partial charge in [-0.3, -0.25) is 9.59 Å². The number of carbonyl (C=O) groups excluding carboxylic acids is 2. The highest BCUT2D eigenvalue weighted by Crippen LogP contribution is 2.26. The summed E-state index contributed by atoms with van der Waals surface area (Å²) in [5, 5.41) is 3.70. The summed E-state index contributed by atoms with van der Waals surface area (Å²) in [7, 11) is -3.77. The van der Waals surface area contributed by atoms with Crippen molar-refractivity contribution in [3.8, 4) is 0 Å². The molecule has 1 unspecified atom stereocenters. The summed E-state index contributed by atoms with van der Waals surface area (Å²) >= 11 is 12.0. The molecule has 6 nitrogen and oxygen atoms in total. The Kier molecular flexibility index (Phi) is 7.60. The standard InChI is InChI=1S/C19H20Cl2N2O4S/c1-12(17-8-5-15(20)11-18(17)21)23-19(25)9-10-22-28(26,27)16-6-3-14(4-7-16)13(2)24/h3-8,11-12,22H,9-10H2,1-2H3,(H,23,25). The molecule has 0 saturated heterocycles. The normalized spacial score (nSPS) is 12.4. The maximum absolute atomic E-state index is 12.3. The van der Waals surface area contributed by atoms with Crippen molar-refractivity contribution >= 4 is 44.9 Å². The van der Waals surface area contributed by atoms with Crippen molar-refractivity contribution in [2.24, 2.45) is 0 Å². The lowest BCUT2D eigenvalue weighted by Crippen LogP contribution is -2.32. The van der Waals surface area contributed by atoms with Crippen molar-refractivity contribution in [3.05, 3.63) is 63.6 Å². The van der Waals surface area contributed by atoms with Crippen LogP contribution in [0.4, 0.5) is 0 Å². The summed E-state index contributed by atoms with van der Waals surface area (Å²) in [5.74, 6) is -0.475. The lowest BCUT2D eigenvalue weighted by Gasteiger charge is -2.16. The maximum Gasteiger partial charge on any atom is 0.240 e. The number of ketones is 1. The molecule has 0 aliphatic rings. The fraction of sp³-hybridized carbons (Fsp3) is 0.263. The number of nitrogens with one attached hydrogen (secondary N) is 2. The Labute approximate surface area is 174 Å². The number of benzene rings is 2. The van der Waals surface area contributed by atoms with Crippen LogP contribution in [0.25, 0.3) is 0 Å². The number of halogens is 2. The zero-order valence-electron chi connectivity index (χ0n) is 15.3. The van der Waals surface area contributed by atoms with E-state index in [1.807, 2.05) is 0 Å². The van der Waals surface area contributed by atoms with Crippen LogP contribution in [0.3, 0.4) is 0 Å². The van der Waals surface area contributed by atoms with Gasteiger partial charge in [-0.1, -0.05) is 41.4 Å². The Hall–Kier alpha value is -1.93. The molecule has 1 amide bonds. The van der Waals surface area contributed by atoms with Crippen LogP contribution in [0.1, 0.15) is 42.2 Å². The van der Waals surface area contributed by atoms with E-state index in [1.165, 1.54) is 31.2 Å². The topological polar surface area (TPSA) is 92.3 Å². The van der Waals surface area contributed by atoms with Crippen LogP contribution in [0.15, 0.2) is 47.4 Å². The quantitative estimate of drug-likeness (QED) is 0.608. The molecule has 0 aliphatic heterocycles. The van der Waals surface area contributed by atoms with Gasteiger partial charge in [0, 0.05) is 28.6 Å². The third-order valence-corrected chi connectivity index (χ3v) is 6.06. The smallest absolute Gasteiger partial charge is 0.240 e. The number of hydrogen-bond acceptors (Lipinski definition) is 4. The molecular formula is C19H20Cl2N2O4S. The second kappa shape index (κ2) is 9.52. The predicted molar refractivity (Wildman–Crippen MR) is 109 cm³/mol. The van der Waals surface area contributed by atoms with Gasteiger partial charge in [0.1, 0.15) is 0 Å². The van der Waals surface area contributed by atoms with E-state index < -0.39 is 10.0 Å². The molecule has 0 radical (unpaired) electrons.